The van der Waals surface area contributed by atoms with Gasteiger partial charge in [-0.1, -0.05) is 45.0 Å². The van der Waals surface area contributed by atoms with Crippen molar-refractivity contribution in [1.82, 2.24) is 5.32 Å². The second-order valence-corrected chi connectivity index (χ2v) is 7.14. The van der Waals surface area contributed by atoms with Crippen LogP contribution < -0.4 is 5.32 Å². The Bertz CT molecular complexity index is 551. The second-order valence-electron chi connectivity index (χ2n) is 5.68. The summed E-state index contributed by atoms with van der Waals surface area (Å²) in [5, 5.41) is 3.62. The van der Waals surface area contributed by atoms with E-state index < -0.39 is 0 Å². The van der Waals surface area contributed by atoms with Gasteiger partial charge in [0.2, 0.25) is 0 Å². The summed E-state index contributed by atoms with van der Waals surface area (Å²) >= 11 is 1.89. The van der Waals surface area contributed by atoms with Gasteiger partial charge in [-0.25, -0.2) is 0 Å². The molecule has 20 heavy (non-hydrogen) atoms. The smallest absolute Gasteiger partial charge is 0.0587 e. The van der Waals surface area contributed by atoms with Crippen LogP contribution in [0.25, 0.3) is 0 Å². The predicted octanol–water partition coefficient (Wildman–Crippen LogP) is 5.19. The molecule has 1 aromatic heterocycles. The Morgan fingerprint density at radius 3 is 2.10 bits per heavy atom. The molecule has 0 spiro atoms. The zero-order valence-corrected chi connectivity index (χ0v) is 14.0. The van der Waals surface area contributed by atoms with E-state index in [1.807, 2.05) is 11.3 Å². The van der Waals surface area contributed by atoms with Crippen molar-refractivity contribution in [1.29, 1.82) is 0 Å². The molecule has 108 valence electrons. The standard InChI is InChI=1S/C18H25NS/c1-6-19-18(17-11-13(4)20-14(17)5)16-9-7-15(8-10-16)12(2)3/h7-12,18-19H,6H2,1-5H3. The molecule has 0 fully saturated rings. The van der Waals surface area contributed by atoms with Gasteiger partial charge >= 0.3 is 0 Å². The molecule has 0 amide bonds. The predicted molar refractivity (Wildman–Crippen MR) is 89.8 cm³/mol. The van der Waals surface area contributed by atoms with Crippen LogP contribution in [0.2, 0.25) is 0 Å². The minimum Gasteiger partial charge on any atom is -0.306 e. The fraction of sp³-hybridized carbons (Fsp3) is 0.444. The van der Waals surface area contributed by atoms with Crippen molar-refractivity contribution in [3.8, 4) is 0 Å². The lowest BCUT2D eigenvalue weighted by Crippen LogP contribution is -2.22. The number of aryl methyl sites for hydroxylation is 2. The quantitative estimate of drug-likeness (QED) is 0.798. The van der Waals surface area contributed by atoms with E-state index in [0.29, 0.717) is 12.0 Å². The normalized spacial score (nSPS) is 12.9. The highest BCUT2D eigenvalue weighted by Gasteiger charge is 2.17. The van der Waals surface area contributed by atoms with E-state index in [0.717, 1.165) is 6.54 Å². The molecule has 1 aromatic carbocycles. The maximum absolute atomic E-state index is 3.62. The van der Waals surface area contributed by atoms with Crippen LogP contribution in [0.15, 0.2) is 30.3 Å². The fourth-order valence-corrected chi connectivity index (χ4v) is 3.59. The number of hydrogen-bond acceptors (Lipinski definition) is 2. The molecule has 0 radical (unpaired) electrons. The lowest BCUT2D eigenvalue weighted by molar-refractivity contribution is 0.629. The van der Waals surface area contributed by atoms with E-state index in [9.17, 15) is 0 Å². The number of nitrogens with one attached hydrogen (secondary N) is 1. The molecule has 0 aliphatic rings. The molecule has 2 heteroatoms. The number of benzene rings is 1. The molecule has 1 heterocycles. The number of hydrogen-bond donors (Lipinski definition) is 1. The Morgan fingerprint density at radius 2 is 1.65 bits per heavy atom. The average molecular weight is 287 g/mol. The summed E-state index contributed by atoms with van der Waals surface area (Å²) in [7, 11) is 0. The van der Waals surface area contributed by atoms with Crippen molar-refractivity contribution in [2.24, 2.45) is 0 Å². The van der Waals surface area contributed by atoms with Crippen LogP contribution in [-0.2, 0) is 0 Å². The Labute approximate surface area is 127 Å². The van der Waals surface area contributed by atoms with Crippen LogP contribution in [-0.4, -0.2) is 6.54 Å². The molecule has 1 nitrogen and oxygen atoms in total. The molecule has 0 aliphatic heterocycles. The first-order chi connectivity index (χ1) is 9.52. The highest BCUT2D eigenvalue weighted by Crippen LogP contribution is 2.31. The topological polar surface area (TPSA) is 12.0 Å². The Balaban J connectivity index is 2.35. The fourth-order valence-electron chi connectivity index (χ4n) is 2.62. The highest BCUT2D eigenvalue weighted by molar-refractivity contribution is 7.12. The van der Waals surface area contributed by atoms with Gasteiger partial charge in [0.05, 0.1) is 6.04 Å². The first-order valence-corrected chi connectivity index (χ1v) is 8.24. The molecule has 2 rings (SSSR count). The lowest BCUT2D eigenvalue weighted by atomic mass is 9.95. The van der Waals surface area contributed by atoms with Crippen molar-refractivity contribution >= 4 is 11.3 Å². The largest absolute Gasteiger partial charge is 0.306 e. The molecule has 2 aromatic rings. The third-order valence-corrected chi connectivity index (χ3v) is 4.72. The minimum atomic E-state index is 0.311. The number of thiophene rings is 1. The Morgan fingerprint density at radius 1 is 1.05 bits per heavy atom. The maximum atomic E-state index is 3.62. The van der Waals surface area contributed by atoms with Crippen molar-refractivity contribution in [2.75, 3.05) is 6.54 Å². The van der Waals surface area contributed by atoms with E-state index in [1.54, 1.807) is 0 Å². The summed E-state index contributed by atoms with van der Waals surface area (Å²) in [6.45, 7) is 12.0. The molecule has 0 aliphatic carbocycles. The third kappa shape index (κ3) is 3.31. The second kappa shape index (κ2) is 6.55. The maximum Gasteiger partial charge on any atom is 0.0587 e. The molecular weight excluding hydrogens is 262 g/mol. The van der Waals surface area contributed by atoms with Crippen LogP contribution in [0.1, 0.15) is 59.2 Å². The van der Waals surface area contributed by atoms with Gasteiger partial charge < -0.3 is 5.32 Å². The van der Waals surface area contributed by atoms with E-state index in [1.165, 1.54) is 26.4 Å². The van der Waals surface area contributed by atoms with Gasteiger partial charge in [0.1, 0.15) is 0 Å². The first kappa shape index (κ1) is 15.3. The summed E-state index contributed by atoms with van der Waals surface area (Å²) < 4.78 is 0. The Hall–Kier alpha value is -1.12. The average Bonchev–Trinajstić information content (AvgIpc) is 2.75. The van der Waals surface area contributed by atoms with E-state index in [4.69, 9.17) is 0 Å². The van der Waals surface area contributed by atoms with Crippen molar-refractivity contribution in [3.05, 3.63) is 56.8 Å². The first-order valence-electron chi connectivity index (χ1n) is 7.43. The van der Waals surface area contributed by atoms with Crippen molar-refractivity contribution in [3.63, 3.8) is 0 Å². The molecule has 0 bridgehead atoms. The van der Waals surface area contributed by atoms with Crippen LogP contribution >= 0.6 is 11.3 Å². The van der Waals surface area contributed by atoms with Gasteiger partial charge in [-0.2, -0.15) is 0 Å². The van der Waals surface area contributed by atoms with Crippen LogP contribution in [0.4, 0.5) is 0 Å². The summed E-state index contributed by atoms with van der Waals surface area (Å²) in [6.07, 6.45) is 0. The SMILES string of the molecule is CCNC(c1ccc(C(C)C)cc1)c1cc(C)sc1C. The van der Waals surface area contributed by atoms with Crippen molar-refractivity contribution < 1.29 is 0 Å². The summed E-state index contributed by atoms with van der Waals surface area (Å²) in [4.78, 5) is 2.81. The van der Waals surface area contributed by atoms with Crippen molar-refractivity contribution in [2.45, 2.75) is 46.6 Å². The van der Waals surface area contributed by atoms with Gasteiger partial charge in [0.25, 0.3) is 0 Å². The summed E-state index contributed by atoms with van der Waals surface area (Å²) in [6, 6.07) is 11.7. The molecule has 1 unspecified atom stereocenters. The molecular formula is C18H25NS. The third-order valence-electron chi connectivity index (χ3n) is 3.74. The minimum absolute atomic E-state index is 0.311. The van der Waals surface area contributed by atoms with E-state index >= 15 is 0 Å². The molecule has 1 N–H and O–H groups in total. The van der Waals surface area contributed by atoms with Gasteiger partial charge in [-0.05, 0) is 49.1 Å². The summed E-state index contributed by atoms with van der Waals surface area (Å²) in [5.41, 5.74) is 4.19. The number of rotatable bonds is 5. The zero-order chi connectivity index (χ0) is 14.7. The highest BCUT2D eigenvalue weighted by atomic mass is 32.1. The molecule has 0 saturated heterocycles. The Kier molecular flexibility index (Phi) is 5.00. The van der Waals surface area contributed by atoms with Gasteiger partial charge in [-0.3, -0.25) is 0 Å². The lowest BCUT2D eigenvalue weighted by Gasteiger charge is -2.19. The van der Waals surface area contributed by atoms with Crippen LogP contribution in [0.3, 0.4) is 0 Å². The van der Waals surface area contributed by atoms with Gasteiger partial charge in [-0.15, -0.1) is 11.3 Å². The van der Waals surface area contributed by atoms with Crippen LogP contribution in [0.5, 0.6) is 0 Å². The monoisotopic (exact) mass is 287 g/mol. The van der Waals surface area contributed by atoms with Gasteiger partial charge in [0.15, 0.2) is 0 Å². The summed E-state index contributed by atoms with van der Waals surface area (Å²) in [5.74, 6) is 0.590. The van der Waals surface area contributed by atoms with E-state index in [-0.39, 0.29) is 0 Å². The molecule has 1 atom stereocenters. The zero-order valence-electron chi connectivity index (χ0n) is 13.2. The van der Waals surface area contributed by atoms with Crippen LogP contribution in [0, 0.1) is 13.8 Å². The molecule has 0 saturated carbocycles. The van der Waals surface area contributed by atoms with E-state index in [2.05, 4.69) is 70.3 Å². The van der Waals surface area contributed by atoms with Gasteiger partial charge in [0, 0.05) is 9.75 Å².